The first-order chi connectivity index (χ1) is 5.89. The van der Waals surface area contributed by atoms with Crippen molar-refractivity contribution >= 4 is 17.4 Å². The molecule has 0 spiro atoms. The fourth-order valence-electron chi connectivity index (χ4n) is 0.753. The van der Waals surface area contributed by atoms with Crippen molar-refractivity contribution in [2.24, 2.45) is 5.73 Å². The van der Waals surface area contributed by atoms with E-state index in [1.54, 1.807) is 5.38 Å². The Morgan fingerprint density at radius 2 is 2.23 bits per heavy atom. The third-order valence-electron chi connectivity index (χ3n) is 1.33. The van der Waals surface area contributed by atoms with Crippen LogP contribution < -0.4 is 10.5 Å². The average Bonchev–Trinajstić information content (AvgIpc) is 2.32. The van der Waals surface area contributed by atoms with Gasteiger partial charge in [0.1, 0.15) is 5.01 Å². The van der Waals surface area contributed by atoms with Crippen LogP contribution in [0.2, 0.25) is 0 Å². The van der Waals surface area contributed by atoms with Crippen LogP contribution in [-0.2, 0) is 5.41 Å². The van der Waals surface area contributed by atoms with Crippen molar-refractivity contribution < 1.29 is 9.53 Å². The zero-order valence-electron chi connectivity index (χ0n) is 7.83. The monoisotopic (exact) mass is 200 g/mol. The molecular formula is C8H12N2O2S. The van der Waals surface area contributed by atoms with E-state index in [1.807, 2.05) is 20.8 Å². The normalized spacial score (nSPS) is 11.3. The summed E-state index contributed by atoms with van der Waals surface area (Å²) in [4.78, 5) is 14.5. The second kappa shape index (κ2) is 3.33. The van der Waals surface area contributed by atoms with Crippen LogP contribution in [0.5, 0.6) is 5.88 Å². The van der Waals surface area contributed by atoms with Crippen LogP contribution in [-0.4, -0.2) is 11.1 Å². The Labute approximate surface area is 80.7 Å². The first kappa shape index (κ1) is 9.98. The molecule has 1 amide bonds. The quantitative estimate of drug-likeness (QED) is 0.753. The molecule has 0 fully saturated rings. The number of amides is 1. The van der Waals surface area contributed by atoms with E-state index in [2.05, 4.69) is 9.72 Å². The number of nitrogens with zero attached hydrogens (tertiary/aromatic N) is 1. The molecule has 0 aromatic carbocycles. The predicted molar refractivity (Wildman–Crippen MR) is 51.0 cm³/mol. The van der Waals surface area contributed by atoms with Crippen molar-refractivity contribution in [3.05, 3.63) is 10.4 Å². The Hall–Kier alpha value is -1.10. The van der Waals surface area contributed by atoms with Crippen molar-refractivity contribution in [3.8, 4) is 5.88 Å². The topological polar surface area (TPSA) is 65.2 Å². The van der Waals surface area contributed by atoms with E-state index in [0.29, 0.717) is 0 Å². The number of carbonyl (C=O) groups excluding carboxylic acids is 1. The van der Waals surface area contributed by atoms with Gasteiger partial charge in [0.05, 0.1) is 5.38 Å². The molecule has 0 saturated heterocycles. The molecule has 4 nitrogen and oxygen atoms in total. The fraction of sp³-hybridized carbons (Fsp3) is 0.500. The van der Waals surface area contributed by atoms with E-state index >= 15 is 0 Å². The molecule has 1 heterocycles. The minimum absolute atomic E-state index is 0.0239. The fourth-order valence-corrected chi connectivity index (χ4v) is 1.56. The summed E-state index contributed by atoms with van der Waals surface area (Å²) in [5.74, 6) is 0.280. The number of thiazole rings is 1. The second-order valence-electron chi connectivity index (χ2n) is 3.66. The van der Waals surface area contributed by atoms with E-state index < -0.39 is 6.09 Å². The van der Waals surface area contributed by atoms with Crippen LogP contribution in [0.3, 0.4) is 0 Å². The highest BCUT2D eigenvalue weighted by Crippen LogP contribution is 2.28. The summed E-state index contributed by atoms with van der Waals surface area (Å²) < 4.78 is 4.63. The first-order valence-corrected chi connectivity index (χ1v) is 4.71. The maximum absolute atomic E-state index is 10.4. The lowest BCUT2D eigenvalue weighted by Crippen LogP contribution is -2.17. The molecule has 0 saturated carbocycles. The molecule has 2 N–H and O–H groups in total. The standard InChI is InChI=1S/C8H12N2O2S/c1-8(2,3)6-10-5(4-13-6)12-7(9)11/h4H,1-3H3,(H2,9,11). The van der Waals surface area contributed by atoms with Crippen molar-refractivity contribution in [2.75, 3.05) is 0 Å². The van der Waals surface area contributed by atoms with E-state index in [4.69, 9.17) is 5.73 Å². The number of hydrogen-bond donors (Lipinski definition) is 1. The number of rotatable bonds is 1. The Balaban J connectivity index is 2.81. The van der Waals surface area contributed by atoms with Crippen LogP contribution in [0.15, 0.2) is 5.38 Å². The molecule has 0 bridgehead atoms. The lowest BCUT2D eigenvalue weighted by molar-refractivity contribution is 0.209. The van der Waals surface area contributed by atoms with Gasteiger partial charge in [-0.15, -0.1) is 11.3 Å². The van der Waals surface area contributed by atoms with Gasteiger partial charge in [-0.2, -0.15) is 0 Å². The molecule has 0 unspecified atom stereocenters. The van der Waals surface area contributed by atoms with Crippen LogP contribution in [0.25, 0.3) is 0 Å². The molecule has 1 aromatic heterocycles. The first-order valence-electron chi connectivity index (χ1n) is 3.83. The highest BCUT2D eigenvalue weighted by molar-refractivity contribution is 7.10. The summed E-state index contributed by atoms with van der Waals surface area (Å²) in [6, 6.07) is 0. The van der Waals surface area contributed by atoms with E-state index in [1.165, 1.54) is 11.3 Å². The smallest absolute Gasteiger partial charge is 0.390 e. The molecule has 0 aliphatic carbocycles. The highest BCUT2D eigenvalue weighted by Gasteiger charge is 2.18. The Morgan fingerprint density at radius 1 is 1.62 bits per heavy atom. The summed E-state index contributed by atoms with van der Waals surface area (Å²) in [7, 11) is 0. The number of primary amides is 1. The van der Waals surface area contributed by atoms with Gasteiger partial charge in [0, 0.05) is 5.41 Å². The predicted octanol–water partition coefficient (Wildman–Crippen LogP) is 1.90. The van der Waals surface area contributed by atoms with E-state index in [0.717, 1.165) is 5.01 Å². The lowest BCUT2D eigenvalue weighted by atomic mass is 9.98. The lowest BCUT2D eigenvalue weighted by Gasteiger charge is -2.13. The third kappa shape index (κ3) is 2.69. The van der Waals surface area contributed by atoms with Gasteiger partial charge in [-0.3, -0.25) is 0 Å². The van der Waals surface area contributed by atoms with Crippen LogP contribution in [0, 0.1) is 0 Å². The average molecular weight is 200 g/mol. The Morgan fingerprint density at radius 3 is 2.62 bits per heavy atom. The summed E-state index contributed by atoms with van der Waals surface area (Å²) >= 11 is 1.45. The van der Waals surface area contributed by atoms with Crippen molar-refractivity contribution in [2.45, 2.75) is 26.2 Å². The molecular weight excluding hydrogens is 188 g/mol. The zero-order valence-corrected chi connectivity index (χ0v) is 8.64. The maximum atomic E-state index is 10.4. The van der Waals surface area contributed by atoms with Gasteiger partial charge in [-0.05, 0) is 0 Å². The molecule has 0 aliphatic heterocycles. The van der Waals surface area contributed by atoms with Crippen LogP contribution >= 0.6 is 11.3 Å². The molecule has 0 atom stereocenters. The van der Waals surface area contributed by atoms with Crippen molar-refractivity contribution in [1.82, 2.24) is 4.98 Å². The molecule has 13 heavy (non-hydrogen) atoms. The van der Waals surface area contributed by atoms with Crippen molar-refractivity contribution in [3.63, 3.8) is 0 Å². The molecule has 0 radical (unpaired) electrons. The largest absolute Gasteiger partial charge is 0.411 e. The summed E-state index contributed by atoms with van der Waals surface area (Å²) in [6.07, 6.45) is -0.828. The molecule has 1 aromatic rings. The maximum Gasteiger partial charge on any atom is 0.411 e. The van der Waals surface area contributed by atoms with Gasteiger partial charge in [-0.1, -0.05) is 20.8 Å². The van der Waals surface area contributed by atoms with E-state index in [9.17, 15) is 4.79 Å². The number of nitrogens with two attached hydrogens (primary N) is 1. The summed E-state index contributed by atoms with van der Waals surface area (Å²) in [5.41, 5.74) is 4.82. The van der Waals surface area contributed by atoms with Crippen LogP contribution in [0.4, 0.5) is 4.79 Å². The summed E-state index contributed by atoms with van der Waals surface area (Å²) in [5, 5.41) is 2.59. The number of carbonyl (C=O) groups is 1. The number of ether oxygens (including phenoxy) is 1. The van der Waals surface area contributed by atoms with Crippen molar-refractivity contribution in [1.29, 1.82) is 0 Å². The van der Waals surface area contributed by atoms with Gasteiger partial charge in [0.2, 0.25) is 5.88 Å². The molecule has 5 heteroatoms. The summed E-state index contributed by atoms with van der Waals surface area (Å²) in [6.45, 7) is 6.12. The minimum Gasteiger partial charge on any atom is -0.390 e. The van der Waals surface area contributed by atoms with Gasteiger partial charge >= 0.3 is 6.09 Å². The van der Waals surface area contributed by atoms with E-state index in [-0.39, 0.29) is 11.3 Å². The molecule has 0 aliphatic rings. The Bertz CT molecular complexity index is 314. The zero-order chi connectivity index (χ0) is 10.1. The Kier molecular flexibility index (Phi) is 2.56. The van der Waals surface area contributed by atoms with Gasteiger partial charge in [0.25, 0.3) is 0 Å². The molecule has 1 rings (SSSR count). The highest BCUT2D eigenvalue weighted by atomic mass is 32.1. The number of hydrogen-bond acceptors (Lipinski definition) is 4. The minimum atomic E-state index is -0.828. The third-order valence-corrected chi connectivity index (χ3v) is 2.58. The second-order valence-corrected chi connectivity index (χ2v) is 4.52. The van der Waals surface area contributed by atoms with Gasteiger partial charge < -0.3 is 10.5 Å². The van der Waals surface area contributed by atoms with Gasteiger partial charge in [0.15, 0.2) is 0 Å². The SMILES string of the molecule is CC(C)(C)c1nc(OC(N)=O)cs1. The van der Waals surface area contributed by atoms with Crippen LogP contribution in [0.1, 0.15) is 25.8 Å². The number of aromatic nitrogens is 1. The van der Waals surface area contributed by atoms with Gasteiger partial charge in [-0.25, -0.2) is 9.78 Å². The molecule has 72 valence electrons.